The normalized spacial score (nSPS) is 31.2. The first-order valence-corrected chi connectivity index (χ1v) is 7.80. The maximum absolute atomic E-state index is 12.4. The van der Waals surface area contributed by atoms with Crippen molar-refractivity contribution in [1.82, 2.24) is 14.9 Å². The number of carbonyl (C=O) groups excluding carboxylic acids is 1. The molecule has 0 aliphatic carbocycles. The van der Waals surface area contributed by atoms with E-state index in [1.54, 1.807) is 18.5 Å². The molecule has 3 heterocycles. The quantitative estimate of drug-likeness (QED) is 0.861. The standard InChI is InChI=1S/C16H23N3O3/c1-15(2,3)22-14(20)19-11-5-6-12(19)10-16(21,9-11)13-17-7-4-8-18-13/h4,7-8,11-12,21H,5-6,9-10H2,1-3H3/t11-,12+,16?. The van der Waals surface area contributed by atoms with Crippen LogP contribution in [0, 0.1) is 0 Å². The lowest BCUT2D eigenvalue weighted by molar-refractivity contribution is -0.0672. The summed E-state index contributed by atoms with van der Waals surface area (Å²) < 4.78 is 5.51. The fourth-order valence-corrected chi connectivity index (χ4v) is 3.56. The zero-order chi connectivity index (χ0) is 16.0. The van der Waals surface area contributed by atoms with Crippen LogP contribution in [0.4, 0.5) is 4.79 Å². The van der Waals surface area contributed by atoms with E-state index in [0.29, 0.717) is 18.7 Å². The molecule has 2 fully saturated rings. The van der Waals surface area contributed by atoms with Gasteiger partial charge in [-0.2, -0.15) is 0 Å². The molecule has 1 unspecified atom stereocenters. The highest BCUT2D eigenvalue weighted by Crippen LogP contribution is 2.45. The van der Waals surface area contributed by atoms with Crippen LogP contribution in [-0.4, -0.2) is 43.8 Å². The van der Waals surface area contributed by atoms with Crippen molar-refractivity contribution in [3.8, 4) is 0 Å². The summed E-state index contributed by atoms with van der Waals surface area (Å²) in [5, 5.41) is 11.0. The number of carbonyl (C=O) groups is 1. The molecule has 2 aliphatic rings. The summed E-state index contributed by atoms with van der Waals surface area (Å²) in [6.07, 6.45) is 5.71. The topological polar surface area (TPSA) is 75.5 Å². The van der Waals surface area contributed by atoms with Gasteiger partial charge in [0.05, 0.1) is 0 Å². The van der Waals surface area contributed by atoms with Crippen molar-refractivity contribution >= 4 is 6.09 Å². The molecule has 1 N–H and O–H groups in total. The monoisotopic (exact) mass is 305 g/mol. The lowest BCUT2D eigenvalue weighted by atomic mass is 9.85. The molecule has 2 aliphatic heterocycles. The number of ether oxygens (including phenoxy) is 1. The summed E-state index contributed by atoms with van der Waals surface area (Å²) in [7, 11) is 0. The lowest BCUT2D eigenvalue weighted by Crippen LogP contribution is -2.53. The predicted molar refractivity (Wildman–Crippen MR) is 80.0 cm³/mol. The average molecular weight is 305 g/mol. The van der Waals surface area contributed by atoms with E-state index in [9.17, 15) is 9.90 Å². The predicted octanol–water partition coefficient (Wildman–Crippen LogP) is 2.23. The van der Waals surface area contributed by atoms with E-state index in [1.807, 2.05) is 25.7 Å². The molecule has 6 heteroatoms. The summed E-state index contributed by atoms with van der Waals surface area (Å²) in [6, 6.07) is 1.71. The number of fused-ring (bicyclic) bond motifs is 2. The van der Waals surface area contributed by atoms with E-state index < -0.39 is 11.2 Å². The molecular weight excluding hydrogens is 282 g/mol. The summed E-state index contributed by atoms with van der Waals surface area (Å²) in [5.41, 5.74) is -1.56. The minimum absolute atomic E-state index is 0.0117. The van der Waals surface area contributed by atoms with E-state index >= 15 is 0 Å². The van der Waals surface area contributed by atoms with Gasteiger partial charge in [-0.15, -0.1) is 0 Å². The van der Waals surface area contributed by atoms with Gasteiger partial charge in [-0.25, -0.2) is 14.8 Å². The van der Waals surface area contributed by atoms with Gasteiger partial charge in [0, 0.05) is 37.3 Å². The average Bonchev–Trinajstić information content (AvgIpc) is 2.71. The van der Waals surface area contributed by atoms with Crippen LogP contribution in [-0.2, 0) is 10.3 Å². The van der Waals surface area contributed by atoms with Gasteiger partial charge in [-0.05, 0) is 39.7 Å². The summed E-state index contributed by atoms with van der Waals surface area (Å²) >= 11 is 0. The molecule has 3 rings (SSSR count). The second kappa shape index (κ2) is 5.19. The Morgan fingerprint density at radius 3 is 2.32 bits per heavy atom. The minimum Gasteiger partial charge on any atom is -0.444 e. The first-order chi connectivity index (χ1) is 10.3. The Balaban J connectivity index is 1.78. The number of hydrogen-bond acceptors (Lipinski definition) is 5. The smallest absolute Gasteiger partial charge is 0.410 e. The highest BCUT2D eigenvalue weighted by molar-refractivity contribution is 5.69. The largest absolute Gasteiger partial charge is 0.444 e. The molecule has 0 aromatic carbocycles. The van der Waals surface area contributed by atoms with Gasteiger partial charge in [0.1, 0.15) is 11.2 Å². The second-order valence-corrected chi connectivity index (χ2v) is 7.28. The summed E-state index contributed by atoms with van der Waals surface area (Å²) in [6.45, 7) is 5.60. The van der Waals surface area contributed by atoms with Crippen LogP contribution in [0.15, 0.2) is 18.5 Å². The van der Waals surface area contributed by atoms with Crippen molar-refractivity contribution < 1.29 is 14.6 Å². The maximum Gasteiger partial charge on any atom is 0.410 e. The summed E-state index contributed by atoms with van der Waals surface area (Å²) in [4.78, 5) is 22.6. The molecule has 1 aromatic heterocycles. The van der Waals surface area contributed by atoms with Crippen LogP contribution in [0.2, 0.25) is 0 Å². The summed E-state index contributed by atoms with van der Waals surface area (Å²) in [5.74, 6) is 0.454. The number of aliphatic hydroxyl groups is 1. The Labute approximate surface area is 130 Å². The third-order valence-corrected chi connectivity index (χ3v) is 4.35. The number of nitrogens with zero attached hydrogens (tertiary/aromatic N) is 3. The number of piperidine rings is 1. The number of amides is 1. The fourth-order valence-electron chi connectivity index (χ4n) is 3.56. The van der Waals surface area contributed by atoms with Crippen LogP contribution >= 0.6 is 0 Å². The van der Waals surface area contributed by atoms with Gasteiger partial charge >= 0.3 is 6.09 Å². The van der Waals surface area contributed by atoms with Crippen LogP contribution in [0.5, 0.6) is 0 Å². The van der Waals surface area contributed by atoms with Gasteiger partial charge < -0.3 is 14.7 Å². The minimum atomic E-state index is -1.05. The van der Waals surface area contributed by atoms with E-state index in [0.717, 1.165) is 12.8 Å². The van der Waals surface area contributed by atoms with Gasteiger partial charge in [-0.3, -0.25) is 0 Å². The van der Waals surface area contributed by atoms with Crippen molar-refractivity contribution in [1.29, 1.82) is 0 Å². The third-order valence-electron chi connectivity index (χ3n) is 4.35. The SMILES string of the molecule is CC(C)(C)OC(=O)N1[C@@H]2CC[C@H]1CC(O)(c1ncccn1)C2. The van der Waals surface area contributed by atoms with Crippen molar-refractivity contribution in [3.05, 3.63) is 24.3 Å². The molecule has 2 saturated heterocycles. The van der Waals surface area contributed by atoms with E-state index in [1.165, 1.54) is 0 Å². The maximum atomic E-state index is 12.4. The Morgan fingerprint density at radius 2 is 1.82 bits per heavy atom. The van der Waals surface area contributed by atoms with Gasteiger partial charge in [0.15, 0.2) is 5.82 Å². The molecule has 3 atom stereocenters. The number of rotatable bonds is 1. The Kier molecular flexibility index (Phi) is 3.59. The zero-order valence-electron chi connectivity index (χ0n) is 13.3. The van der Waals surface area contributed by atoms with Crippen LogP contribution < -0.4 is 0 Å². The van der Waals surface area contributed by atoms with Gasteiger partial charge in [-0.1, -0.05) is 0 Å². The molecule has 6 nitrogen and oxygen atoms in total. The fraction of sp³-hybridized carbons (Fsp3) is 0.688. The van der Waals surface area contributed by atoms with Crippen LogP contribution in [0.25, 0.3) is 0 Å². The highest BCUT2D eigenvalue weighted by Gasteiger charge is 2.52. The zero-order valence-corrected chi connectivity index (χ0v) is 13.3. The van der Waals surface area contributed by atoms with Crippen LogP contribution in [0.3, 0.4) is 0 Å². The molecule has 1 amide bonds. The molecule has 0 saturated carbocycles. The van der Waals surface area contributed by atoms with Gasteiger partial charge in [0.2, 0.25) is 0 Å². The van der Waals surface area contributed by atoms with Crippen molar-refractivity contribution in [3.63, 3.8) is 0 Å². The lowest BCUT2D eigenvalue weighted by Gasteiger charge is -2.43. The molecule has 22 heavy (non-hydrogen) atoms. The van der Waals surface area contributed by atoms with E-state index in [4.69, 9.17) is 4.74 Å². The second-order valence-electron chi connectivity index (χ2n) is 7.28. The molecule has 0 spiro atoms. The van der Waals surface area contributed by atoms with Crippen molar-refractivity contribution in [2.24, 2.45) is 0 Å². The Morgan fingerprint density at radius 1 is 1.27 bits per heavy atom. The number of aromatic nitrogens is 2. The Bertz CT molecular complexity index is 542. The Hall–Kier alpha value is -1.69. The first-order valence-electron chi connectivity index (χ1n) is 7.80. The number of hydrogen-bond donors (Lipinski definition) is 1. The van der Waals surface area contributed by atoms with Crippen molar-refractivity contribution in [2.45, 2.75) is 69.7 Å². The molecule has 1 aromatic rings. The van der Waals surface area contributed by atoms with Crippen LogP contribution in [0.1, 0.15) is 52.3 Å². The van der Waals surface area contributed by atoms with Gasteiger partial charge in [0.25, 0.3) is 0 Å². The molecule has 0 radical (unpaired) electrons. The van der Waals surface area contributed by atoms with Crippen molar-refractivity contribution in [2.75, 3.05) is 0 Å². The molecule has 2 bridgehead atoms. The first kappa shape index (κ1) is 15.2. The van der Waals surface area contributed by atoms with E-state index in [-0.39, 0.29) is 18.2 Å². The third kappa shape index (κ3) is 2.79. The highest BCUT2D eigenvalue weighted by atomic mass is 16.6. The molecular formula is C16H23N3O3. The van der Waals surface area contributed by atoms with E-state index in [2.05, 4.69) is 9.97 Å². The molecule has 120 valence electrons.